The van der Waals surface area contributed by atoms with Crippen molar-refractivity contribution in [2.75, 3.05) is 0 Å². The molecule has 0 nitrogen and oxygen atoms in total. The van der Waals surface area contributed by atoms with E-state index in [0.717, 1.165) is 0 Å². The highest BCUT2D eigenvalue weighted by atomic mass is 128. The van der Waals surface area contributed by atoms with Gasteiger partial charge in [-0.1, -0.05) is 133 Å². The average Bonchev–Trinajstić information content (AvgIpc) is 2.75. The lowest BCUT2D eigenvalue weighted by atomic mass is 10.0. The van der Waals surface area contributed by atoms with E-state index in [-0.39, 0.29) is 0 Å². The van der Waals surface area contributed by atoms with Crippen LogP contribution in [0.1, 0.15) is 102 Å². The number of unbranched alkanes of at least 4 members (excludes halogenated alkanes) is 13. The normalized spacial score (nSPS) is 10.7. The van der Waals surface area contributed by atoms with Crippen molar-refractivity contribution in [3.05, 3.63) is 48.0 Å². The number of fused-ring (bicyclic) bond motifs is 1. The Morgan fingerprint density at radius 2 is 1.00 bits per heavy atom. The minimum Gasteiger partial charge on any atom is -0.0654 e. The van der Waals surface area contributed by atoms with Crippen LogP contribution in [0.4, 0.5) is 0 Å². The Balaban J connectivity index is 0.00000190. The molecular weight excluding hydrogens is 566 g/mol. The lowest BCUT2D eigenvalue weighted by molar-refractivity contribution is 0.535. The van der Waals surface area contributed by atoms with Crippen molar-refractivity contribution in [1.29, 1.82) is 0 Å². The molecule has 0 aliphatic carbocycles. The van der Waals surface area contributed by atoms with Crippen LogP contribution in [0.2, 0.25) is 0 Å². The molecule has 2 aromatic carbocycles. The topological polar surface area (TPSA) is 0 Å². The predicted molar refractivity (Wildman–Crippen MR) is 146 cm³/mol. The van der Waals surface area contributed by atoms with Gasteiger partial charge in [0.05, 0.1) is 0 Å². The molecule has 0 saturated carbocycles. The molecule has 0 unspecified atom stereocenters. The first-order chi connectivity index (χ1) is 13.9. The van der Waals surface area contributed by atoms with Gasteiger partial charge in [0.1, 0.15) is 0 Å². The van der Waals surface area contributed by atoms with Gasteiger partial charge in [0, 0.05) is 37.2 Å². The minimum absolute atomic E-state index is 1.24. The van der Waals surface area contributed by atoms with E-state index in [2.05, 4.69) is 86.6 Å². The van der Waals surface area contributed by atoms with Crippen LogP contribution in [0.3, 0.4) is 0 Å². The molecule has 2 rings (SSSR count). The zero-order valence-electron chi connectivity index (χ0n) is 17.9. The van der Waals surface area contributed by atoms with Crippen molar-refractivity contribution in [3.63, 3.8) is 0 Å². The van der Waals surface area contributed by atoms with E-state index in [9.17, 15) is 0 Å². The lowest BCUT2D eigenvalue weighted by Gasteiger charge is -2.05. The molecule has 0 fully saturated rings. The Labute approximate surface area is 198 Å². The van der Waals surface area contributed by atoms with Crippen LogP contribution in [0.25, 0.3) is 10.8 Å². The fraction of sp³-hybridized carbons (Fsp3) is 0.615. The molecule has 158 valence electrons. The van der Waals surface area contributed by atoms with Crippen molar-refractivity contribution >= 4 is 48.0 Å². The van der Waals surface area contributed by atoms with Gasteiger partial charge in [0.15, 0.2) is 0 Å². The zero-order valence-corrected chi connectivity index (χ0v) is 22.2. The van der Waals surface area contributed by atoms with E-state index in [1.807, 2.05) is 0 Å². The SMILES string of the molecule is CCCCCCCCCCCCCCCCc1ccc2ccccc2c1.II. The van der Waals surface area contributed by atoms with Crippen molar-refractivity contribution < 1.29 is 0 Å². The summed E-state index contributed by atoms with van der Waals surface area (Å²) in [6.07, 6.45) is 21.3. The molecule has 28 heavy (non-hydrogen) atoms. The van der Waals surface area contributed by atoms with Gasteiger partial charge in [0.25, 0.3) is 0 Å². The average molecular weight is 606 g/mol. The van der Waals surface area contributed by atoms with Gasteiger partial charge in [-0.3, -0.25) is 0 Å². The van der Waals surface area contributed by atoms with Gasteiger partial charge < -0.3 is 0 Å². The summed E-state index contributed by atoms with van der Waals surface area (Å²) in [6.45, 7) is 2.30. The first-order valence-corrected chi connectivity index (χ1v) is 17.8. The summed E-state index contributed by atoms with van der Waals surface area (Å²) in [7, 11) is 0. The van der Waals surface area contributed by atoms with Crippen molar-refractivity contribution in [1.82, 2.24) is 0 Å². The number of rotatable bonds is 15. The summed E-state index contributed by atoms with van der Waals surface area (Å²) in [5, 5.41) is 2.74. The van der Waals surface area contributed by atoms with Gasteiger partial charge in [-0.05, 0) is 29.2 Å². The van der Waals surface area contributed by atoms with E-state index >= 15 is 0 Å². The Kier molecular flexibility index (Phi) is 17.9. The van der Waals surface area contributed by atoms with Crippen LogP contribution in [-0.4, -0.2) is 0 Å². The Bertz CT molecular complexity index is 594. The molecule has 0 N–H and O–H groups in total. The first-order valence-electron chi connectivity index (χ1n) is 11.5. The Hall–Kier alpha value is 0.160. The second kappa shape index (κ2) is 19.1. The van der Waals surface area contributed by atoms with E-state index in [0.29, 0.717) is 0 Å². The maximum Gasteiger partial charge on any atom is 0 e. The molecular formula is C26H40I2. The standard InChI is InChI=1S/C26H40.I2/c1-2-3-4-5-6-7-8-9-10-11-12-13-14-15-18-24-21-22-25-19-16-17-20-26(25)23-24;1-2/h16-17,19-23H,2-15,18H2,1H3;. The third kappa shape index (κ3) is 12.7. The maximum absolute atomic E-state index is 2.37. The van der Waals surface area contributed by atoms with Crippen LogP contribution >= 0.6 is 37.2 Å². The summed E-state index contributed by atoms with van der Waals surface area (Å²) in [5.41, 5.74) is 1.50. The van der Waals surface area contributed by atoms with E-state index in [4.69, 9.17) is 0 Å². The summed E-state index contributed by atoms with van der Waals surface area (Å²) in [5.74, 6) is 0. The molecule has 0 saturated heterocycles. The molecule has 0 aliphatic rings. The van der Waals surface area contributed by atoms with Gasteiger partial charge in [0.2, 0.25) is 0 Å². The molecule has 0 heterocycles. The quantitative estimate of drug-likeness (QED) is 0.140. The second-order valence-electron chi connectivity index (χ2n) is 8.03. The molecule has 0 radical (unpaired) electrons. The summed E-state index contributed by atoms with van der Waals surface area (Å²) < 4.78 is 0. The number of aryl methyl sites for hydroxylation is 1. The van der Waals surface area contributed by atoms with Crippen molar-refractivity contribution in [3.8, 4) is 0 Å². The zero-order chi connectivity index (χ0) is 20.3. The van der Waals surface area contributed by atoms with E-state index in [1.54, 1.807) is 0 Å². The lowest BCUT2D eigenvalue weighted by Crippen LogP contribution is -1.87. The van der Waals surface area contributed by atoms with Gasteiger partial charge in [-0.25, -0.2) is 0 Å². The molecule has 0 bridgehead atoms. The Morgan fingerprint density at radius 1 is 0.536 bits per heavy atom. The number of hydrogen-bond donors (Lipinski definition) is 0. The van der Waals surface area contributed by atoms with E-state index in [1.165, 1.54) is 113 Å². The molecule has 0 atom stereocenters. The third-order valence-corrected chi connectivity index (χ3v) is 5.63. The number of hydrogen-bond acceptors (Lipinski definition) is 0. The van der Waals surface area contributed by atoms with Gasteiger partial charge in [-0.15, -0.1) is 0 Å². The highest BCUT2D eigenvalue weighted by Gasteiger charge is 1.98. The number of benzene rings is 2. The number of halogens is 2. The monoisotopic (exact) mass is 606 g/mol. The summed E-state index contributed by atoms with van der Waals surface area (Å²) in [4.78, 5) is 0. The van der Waals surface area contributed by atoms with Gasteiger partial charge in [-0.2, -0.15) is 0 Å². The fourth-order valence-electron chi connectivity index (χ4n) is 3.92. The molecule has 2 heteroatoms. The minimum atomic E-state index is 1.24. The van der Waals surface area contributed by atoms with Crippen LogP contribution < -0.4 is 0 Å². The van der Waals surface area contributed by atoms with Crippen LogP contribution in [-0.2, 0) is 6.42 Å². The first kappa shape index (κ1) is 26.2. The fourth-order valence-corrected chi connectivity index (χ4v) is 3.92. The molecule has 0 aromatic heterocycles. The van der Waals surface area contributed by atoms with E-state index < -0.39 is 0 Å². The molecule has 0 spiro atoms. The van der Waals surface area contributed by atoms with Gasteiger partial charge >= 0.3 is 0 Å². The second-order valence-corrected chi connectivity index (χ2v) is 8.03. The van der Waals surface area contributed by atoms with Crippen LogP contribution in [0, 0.1) is 0 Å². The highest BCUT2D eigenvalue weighted by molar-refractivity contribution is 15.0. The Morgan fingerprint density at radius 3 is 1.54 bits per heavy atom. The van der Waals surface area contributed by atoms with Crippen molar-refractivity contribution in [2.45, 2.75) is 103 Å². The summed E-state index contributed by atoms with van der Waals surface area (Å²) in [6, 6.07) is 15.6. The van der Waals surface area contributed by atoms with Crippen LogP contribution in [0.15, 0.2) is 42.5 Å². The van der Waals surface area contributed by atoms with Crippen LogP contribution in [0.5, 0.6) is 0 Å². The predicted octanol–water partition coefficient (Wildman–Crippen LogP) is 10.6. The maximum atomic E-state index is 2.37. The largest absolute Gasteiger partial charge is 0.0654 e. The molecule has 0 amide bonds. The highest BCUT2D eigenvalue weighted by Crippen LogP contribution is 2.18. The van der Waals surface area contributed by atoms with Crippen molar-refractivity contribution in [2.24, 2.45) is 0 Å². The molecule has 0 aliphatic heterocycles. The smallest absolute Gasteiger partial charge is 0 e. The summed E-state index contributed by atoms with van der Waals surface area (Å²) >= 11 is 4.24. The molecule has 2 aromatic rings. The third-order valence-electron chi connectivity index (χ3n) is 5.63.